The van der Waals surface area contributed by atoms with E-state index in [4.69, 9.17) is 32.4 Å². The van der Waals surface area contributed by atoms with E-state index in [9.17, 15) is 13.6 Å². The fourth-order valence-electron chi connectivity index (χ4n) is 2.92. The lowest BCUT2D eigenvalue weighted by Crippen LogP contribution is -2.20. The average molecular weight is 463 g/mol. The molecule has 0 unspecified atom stereocenters. The van der Waals surface area contributed by atoms with Crippen LogP contribution in [0.15, 0.2) is 52.9 Å². The molecule has 0 fully saturated rings. The summed E-state index contributed by atoms with van der Waals surface area (Å²) in [5.74, 6) is -1.92. The zero-order valence-electron chi connectivity index (χ0n) is 16.0. The minimum atomic E-state index is -1.06. The van der Waals surface area contributed by atoms with E-state index in [0.29, 0.717) is 27.6 Å². The second kappa shape index (κ2) is 8.53. The van der Waals surface area contributed by atoms with Crippen molar-refractivity contribution in [2.24, 2.45) is 0 Å². The third-order valence-electron chi connectivity index (χ3n) is 4.41. The molecule has 4 rings (SSSR count). The monoisotopic (exact) mass is 462 g/mol. The molecule has 1 N–H and O–H groups in total. The summed E-state index contributed by atoms with van der Waals surface area (Å²) in [5.41, 5.74) is 2.19. The van der Waals surface area contributed by atoms with Gasteiger partial charge in [-0.25, -0.2) is 13.8 Å². The number of ether oxygens (including phenoxy) is 1. The SMILES string of the molecule is Cc1cc(Cl)ccc1OCC(=O)Nc1ccc2oc(-c3cc(F)c(F)cc3Cl)nc2c1. The minimum Gasteiger partial charge on any atom is -0.483 e. The molecule has 1 aromatic heterocycles. The van der Waals surface area contributed by atoms with Crippen molar-refractivity contribution in [1.29, 1.82) is 0 Å². The molecule has 1 heterocycles. The Morgan fingerprint density at radius 1 is 1.10 bits per heavy atom. The molecule has 0 bridgehead atoms. The van der Waals surface area contributed by atoms with Crippen molar-refractivity contribution in [3.63, 3.8) is 0 Å². The van der Waals surface area contributed by atoms with Gasteiger partial charge in [0, 0.05) is 10.7 Å². The van der Waals surface area contributed by atoms with Crippen molar-refractivity contribution in [3.8, 4) is 17.2 Å². The quantitative estimate of drug-likeness (QED) is 0.348. The summed E-state index contributed by atoms with van der Waals surface area (Å²) in [7, 11) is 0. The molecule has 0 spiro atoms. The van der Waals surface area contributed by atoms with Crippen molar-refractivity contribution in [1.82, 2.24) is 4.98 Å². The highest BCUT2D eigenvalue weighted by Crippen LogP contribution is 2.32. The van der Waals surface area contributed by atoms with Crippen LogP contribution in [0.3, 0.4) is 0 Å². The topological polar surface area (TPSA) is 64.4 Å². The molecule has 0 aliphatic carbocycles. The number of anilines is 1. The number of fused-ring (bicyclic) bond motifs is 1. The van der Waals surface area contributed by atoms with Gasteiger partial charge >= 0.3 is 0 Å². The second-order valence-corrected chi connectivity index (χ2v) is 7.54. The molecule has 0 saturated heterocycles. The molecular weight excluding hydrogens is 449 g/mol. The van der Waals surface area contributed by atoms with Crippen LogP contribution >= 0.6 is 23.2 Å². The van der Waals surface area contributed by atoms with Gasteiger partial charge in [0.1, 0.15) is 11.3 Å². The molecule has 0 saturated carbocycles. The molecule has 0 aliphatic heterocycles. The standard InChI is InChI=1S/C22H14Cl2F2N2O3/c1-11-6-12(23)2-4-19(11)30-10-21(29)27-13-3-5-20-18(7-13)28-22(31-20)14-8-16(25)17(26)9-15(14)24/h2-9H,10H2,1H3,(H,27,29). The van der Waals surface area contributed by atoms with E-state index in [2.05, 4.69) is 10.3 Å². The summed E-state index contributed by atoms with van der Waals surface area (Å²) in [5, 5.41) is 3.25. The summed E-state index contributed by atoms with van der Waals surface area (Å²) in [4.78, 5) is 16.5. The molecule has 158 valence electrons. The fraction of sp³-hybridized carbons (Fsp3) is 0.0909. The van der Waals surface area contributed by atoms with Gasteiger partial charge in [0.25, 0.3) is 5.91 Å². The van der Waals surface area contributed by atoms with E-state index in [1.54, 1.807) is 36.4 Å². The van der Waals surface area contributed by atoms with Crippen LogP contribution < -0.4 is 10.1 Å². The summed E-state index contributed by atoms with van der Waals surface area (Å²) in [6.07, 6.45) is 0. The highest BCUT2D eigenvalue weighted by atomic mass is 35.5. The minimum absolute atomic E-state index is 0.0314. The van der Waals surface area contributed by atoms with Crippen LogP contribution in [0.25, 0.3) is 22.6 Å². The first-order chi connectivity index (χ1) is 14.8. The van der Waals surface area contributed by atoms with Crippen LogP contribution in [0.4, 0.5) is 14.5 Å². The van der Waals surface area contributed by atoms with Gasteiger partial charge in [-0.2, -0.15) is 0 Å². The summed E-state index contributed by atoms with van der Waals surface area (Å²) >= 11 is 11.9. The van der Waals surface area contributed by atoms with E-state index in [1.165, 1.54) is 0 Å². The van der Waals surface area contributed by atoms with Gasteiger partial charge in [-0.05, 0) is 61.0 Å². The number of aromatic nitrogens is 1. The number of nitrogens with one attached hydrogen (secondary N) is 1. The number of oxazole rings is 1. The molecule has 4 aromatic rings. The van der Waals surface area contributed by atoms with Gasteiger partial charge < -0.3 is 14.5 Å². The molecule has 1 amide bonds. The van der Waals surface area contributed by atoms with E-state index in [1.807, 2.05) is 6.92 Å². The van der Waals surface area contributed by atoms with Gasteiger partial charge in [0.2, 0.25) is 5.89 Å². The second-order valence-electron chi connectivity index (χ2n) is 6.69. The predicted octanol–water partition coefficient (Wildman–Crippen LogP) is 6.41. The summed E-state index contributed by atoms with van der Waals surface area (Å²) in [6, 6.07) is 11.7. The van der Waals surface area contributed by atoms with Crippen LogP contribution in [0.2, 0.25) is 10.0 Å². The number of hydrogen-bond donors (Lipinski definition) is 1. The van der Waals surface area contributed by atoms with Crippen molar-refractivity contribution >= 4 is 45.9 Å². The van der Waals surface area contributed by atoms with Crippen molar-refractivity contribution in [3.05, 3.63) is 75.8 Å². The fourth-order valence-corrected chi connectivity index (χ4v) is 3.38. The van der Waals surface area contributed by atoms with E-state index >= 15 is 0 Å². The first kappa shape index (κ1) is 21.1. The van der Waals surface area contributed by atoms with Gasteiger partial charge in [0.15, 0.2) is 23.8 Å². The Morgan fingerprint density at radius 2 is 1.87 bits per heavy atom. The number of benzene rings is 3. The lowest BCUT2D eigenvalue weighted by Gasteiger charge is -2.09. The summed E-state index contributed by atoms with van der Waals surface area (Å²) < 4.78 is 38.0. The van der Waals surface area contributed by atoms with Gasteiger partial charge in [-0.1, -0.05) is 23.2 Å². The molecular formula is C22H14Cl2F2N2O3. The smallest absolute Gasteiger partial charge is 0.262 e. The molecule has 3 aromatic carbocycles. The predicted molar refractivity (Wildman–Crippen MR) is 115 cm³/mol. The maximum Gasteiger partial charge on any atom is 0.262 e. The first-order valence-electron chi connectivity index (χ1n) is 9.04. The van der Waals surface area contributed by atoms with E-state index in [0.717, 1.165) is 17.7 Å². The highest BCUT2D eigenvalue weighted by molar-refractivity contribution is 6.33. The summed E-state index contributed by atoms with van der Waals surface area (Å²) in [6.45, 7) is 1.63. The third-order valence-corrected chi connectivity index (χ3v) is 4.96. The molecule has 31 heavy (non-hydrogen) atoms. The van der Waals surface area contributed by atoms with Gasteiger partial charge in [-0.15, -0.1) is 0 Å². The average Bonchev–Trinajstić information content (AvgIpc) is 3.13. The lowest BCUT2D eigenvalue weighted by atomic mass is 10.2. The number of carbonyl (C=O) groups excluding carboxylic acids is 1. The molecule has 0 aliphatic rings. The normalized spacial score (nSPS) is 11.0. The number of carbonyl (C=O) groups is 1. The molecule has 5 nitrogen and oxygen atoms in total. The Bertz CT molecular complexity index is 1310. The zero-order valence-corrected chi connectivity index (χ0v) is 17.5. The Balaban J connectivity index is 1.49. The number of aryl methyl sites for hydroxylation is 1. The van der Waals surface area contributed by atoms with Crippen molar-refractivity contribution in [2.75, 3.05) is 11.9 Å². The van der Waals surface area contributed by atoms with Crippen LogP contribution in [0.1, 0.15) is 5.56 Å². The molecule has 9 heteroatoms. The van der Waals surface area contributed by atoms with E-state index in [-0.39, 0.29) is 29.0 Å². The zero-order chi connectivity index (χ0) is 22.1. The third kappa shape index (κ3) is 4.62. The highest BCUT2D eigenvalue weighted by Gasteiger charge is 2.16. The number of rotatable bonds is 5. The van der Waals surface area contributed by atoms with Crippen LogP contribution in [-0.2, 0) is 4.79 Å². The maximum absolute atomic E-state index is 13.6. The Kier molecular flexibility index (Phi) is 5.80. The van der Waals surface area contributed by atoms with Crippen LogP contribution in [-0.4, -0.2) is 17.5 Å². The Hall–Kier alpha value is -3.16. The maximum atomic E-state index is 13.6. The van der Waals surface area contributed by atoms with Crippen LogP contribution in [0.5, 0.6) is 5.75 Å². The Morgan fingerprint density at radius 3 is 2.65 bits per heavy atom. The molecule has 0 radical (unpaired) electrons. The number of hydrogen-bond acceptors (Lipinski definition) is 4. The van der Waals surface area contributed by atoms with Gasteiger partial charge in [0.05, 0.1) is 10.6 Å². The number of halogens is 4. The number of nitrogens with zero attached hydrogens (tertiary/aromatic N) is 1. The van der Waals surface area contributed by atoms with Crippen molar-refractivity contribution in [2.45, 2.75) is 6.92 Å². The van der Waals surface area contributed by atoms with Crippen molar-refractivity contribution < 1.29 is 22.7 Å². The van der Waals surface area contributed by atoms with Crippen LogP contribution in [0, 0.1) is 18.6 Å². The van der Waals surface area contributed by atoms with Gasteiger partial charge in [-0.3, -0.25) is 4.79 Å². The first-order valence-corrected chi connectivity index (χ1v) is 9.80. The van der Waals surface area contributed by atoms with E-state index < -0.39 is 11.6 Å². The molecule has 0 atom stereocenters. The largest absolute Gasteiger partial charge is 0.483 e. The Labute approximate surface area is 185 Å². The number of amides is 1. The lowest BCUT2D eigenvalue weighted by molar-refractivity contribution is -0.118.